The number of hydrogen-bond donors (Lipinski definition) is 1. The molecule has 0 heterocycles. The van der Waals surface area contributed by atoms with Crippen molar-refractivity contribution in [2.45, 2.75) is 73.1 Å². The molecule has 2 nitrogen and oxygen atoms in total. The SMILES string of the molecule is C=C1/C(=C(OC)\C(O)=C/C)CC2C3(C)CCCC(C)(C)[C@@H]3CC[C@]12C. The molecule has 0 aromatic rings. The summed E-state index contributed by atoms with van der Waals surface area (Å²) in [4.78, 5) is 0. The van der Waals surface area contributed by atoms with Gasteiger partial charge >= 0.3 is 0 Å². The first kappa shape index (κ1) is 18.6. The minimum absolute atomic E-state index is 0.131. The van der Waals surface area contributed by atoms with Crippen molar-refractivity contribution in [1.29, 1.82) is 0 Å². The van der Waals surface area contributed by atoms with Crippen molar-refractivity contribution < 1.29 is 9.84 Å². The van der Waals surface area contributed by atoms with Gasteiger partial charge in [0.2, 0.25) is 0 Å². The zero-order valence-electron chi connectivity index (χ0n) is 17.0. The van der Waals surface area contributed by atoms with E-state index in [0.29, 0.717) is 22.5 Å². The highest BCUT2D eigenvalue weighted by Crippen LogP contribution is 2.70. The lowest BCUT2D eigenvalue weighted by atomic mass is 9.44. The number of hydrogen-bond acceptors (Lipinski definition) is 2. The van der Waals surface area contributed by atoms with Crippen LogP contribution in [-0.4, -0.2) is 12.2 Å². The van der Waals surface area contributed by atoms with Crippen LogP contribution >= 0.6 is 0 Å². The second-order valence-corrected chi connectivity index (χ2v) is 9.78. The van der Waals surface area contributed by atoms with E-state index in [1.807, 2.05) is 6.92 Å². The summed E-state index contributed by atoms with van der Waals surface area (Å²) in [6, 6.07) is 0. The molecule has 2 heteroatoms. The maximum Gasteiger partial charge on any atom is 0.163 e. The Morgan fingerprint density at radius 1 is 1.16 bits per heavy atom. The standard InChI is InChI=1S/C23H36O2/c1-8-17(24)20(25-7)16-14-19-22(5,15(16)2)13-10-18-21(3,4)11-9-12-23(18,19)6/h8,18-19,24H,2,9-14H2,1,3-7H3/b17-8+,20-16+/t18-,19?,22+,23?/m0/s1. The van der Waals surface area contributed by atoms with Gasteiger partial charge in [-0.2, -0.15) is 0 Å². The zero-order chi connectivity index (χ0) is 18.6. The summed E-state index contributed by atoms with van der Waals surface area (Å²) in [5.74, 6) is 2.25. The molecule has 0 aromatic heterocycles. The second kappa shape index (κ2) is 5.93. The first-order valence-electron chi connectivity index (χ1n) is 9.94. The van der Waals surface area contributed by atoms with Gasteiger partial charge < -0.3 is 9.84 Å². The van der Waals surface area contributed by atoms with E-state index in [1.165, 1.54) is 37.7 Å². The first-order chi connectivity index (χ1) is 11.6. The maximum absolute atomic E-state index is 10.3. The van der Waals surface area contributed by atoms with Crippen LogP contribution in [0, 0.1) is 28.1 Å². The Hall–Kier alpha value is -1.18. The predicted molar refractivity (Wildman–Crippen MR) is 104 cm³/mol. The molecular weight excluding hydrogens is 308 g/mol. The van der Waals surface area contributed by atoms with Crippen LogP contribution < -0.4 is 0 Å². The fourth-order valence-corrected chi connectivity index (χ4v) is 6.88. The van der Waals surface area contributed by atoms with Crippen LogP contribution in [0.2, 0.25) is 0 Å². The molecule has 0 bridgehead atoms. The number of fused-ring (bicyclic) bond motifs is 3. The van der Waals surface area contributed by atoms with Gasteiger partial charge in [0.15, 0.2) is 11.5 Å². The van der Waals surface area contributed by atoms with Crippen LogP contribution in [0.1, 0.15) is 73.1 Å². The third-order valence-corrected chi connectivity index (χ3v) is 8.24. The molecule has 0 saturated heterocycles. The van der Waals surface area contributed by atoms with Crippen molar-refractivity contribution in [3.05, 3.63) is 35.3 Å². The third kappa shape index (κ3) is 2.51. The smallest absolute Gasteiger partial charge is 0.163 e. The molecule has 3 fully saturated rings. The molecule has 0 spiro atoms. The van der Waals surface area contributed by atoms with Gasteiger partial charge in [-0.05, 0) is 78.8 Å². The fraction of sp³-hybridized carbons (Fsp3) is 0.739. The molecule has 4 atom stereocenters. The number of methoxy groups -OCH3 is 1. The van der Waals surface area contributed by atoms with E-state index in [2.05, 4.69) is 34.3 Å². The fourth-order valence-electron chi connectivity index (χ4n) is 6.88. The molecule has 0 aliphatic heterocycles. The molecule has 3 rings (SSSR count). The summed E-state index contributed by atoms with van der Waals surface area (Å²) >= 11 is 0. The highest BCUT2D eigenvalue weighted by Gasteiger charge is 2.61. The van der Waals surface area contributed by atoms with E-state index in [9.17, 15) is 5.11 Å². The largest absolute Gasteiger partial charge is 0.504 e. The Morgan fingerprint density at radius 3 is 2.44 bits per heavy atom. The normalized spacial score (nSPS) is 42.6. The minimum atomic E-state index is 0.131. The molecule has 0 amide bonds. The first-order valence-corrected chi connectivity index (χ1v) is 9.94. The van der Waals surface area contributed by atoms with Crippen LogP contribution in [0.25, 0.3) is 0 Å². The van der Waals surface area contributed by atoms with Gasteiger partial charge in [0.1, 0.15) is 0 Å². The van der Waals surface area contributed by atoms with Crippen molar-refractivity contribution in [3.63, 3.8) is 0 Å². The van der Waals surface area contributed by atoms with Crippen molar-refractivity contribution in [1.82, 2.24) is 0 Å². The van der Waals surface area contributed by atoms with Gasteiger partial charge in [-0.25, -0.2) is 0 Å². The predicted octanol–water partition coefficient (Wildman–Crippen LogP) is 6.56. The summed E-state index contributed by atoms with van der Waals surface area (Å²) in [5.41, 5.74) is 3.26. The lowest BCUT2D eigenvalue weighted by Gasteiger charge is -2.61. The van der Waals surface area contributed by atoms with E-state index in [1.54, 1.807) is 13.2 Å². The van der Waals surface area contributed by atoms with Crippen molar-refractivity contribution in [2.24, 2.45) is 28.1 Å². The highest BCUT2D eigenvalue weighted by atomic mass is 16.5. The van der Waals surface area contributed by atoms with Crippen molar-refractivity contribution in [2.75, 3.05) is 7.11 Å². The lowest BCUT2D eigenvalue weighted by Crippen LogP contribution is -2.53. The van der Waals surface area contributed by atoms with Gasteiger partial charge in [0.25, 0.3) is 0 Å². The van der Waals surface area contributed by atoms with Crippen LogP contribution in [0.3, 0.4) is 0 Å². The van der Waals surface area contributed by atoms with E-state index in [4.69, 9.17) is 4.74 Å². The van der Waals surface area contributed by atoms with E-state index >= 15 is 0 Å². The highest BCUT2D eigenvalue weighted by molar-refractivity contribution is 5.47. The van der Waals surface area contributed by atoms with Crippen LogP contribution in [0.4, 0.5) is 0 Å². The summed E-state index contributed by atoms with van der Waals surface area (Å²) in [6.07, 6.45) is 9.20. The van der Waals surface area contributed by atoms with Gasteiger partial charge in [-0.15, -0.1) is 0 Å². The molecule has 3 aliphatic rings. The molecule has 3 saturated carbocycles. The van der Waals surface area contributed by atoms with Crippen LogP contribution in [0.5, 0.6) is 0 Å². The second-order valence-electron chi connectivity index (χ2n) is 9.78. The summed E-state index contributed by atoms with van der Waals surface area (Å²) in [7, 11) is 1.66. The Bertz CT molecular complexity index is 638. The summed E-state index contributed by atoms with van der Waals surface area (Å²) < 4.78 is 5.62. The zero-order valence-corrected chi connectivity index (χ0v) is 17.0. The molecule has 2 unspecified atom stereocenters. The molecule has 3 aliphatic carbocycles. The lowest BCUT2D eigenvalue weighted by molar-refractivity contribution is -0.108. The minimum Gasteiger partial charge on any atom is -0.504 e. The molecule has 0 aromatic carbocycles. The number of aliphatic hydroxyl groups is 1. The van der Waals surface area contributed by atoms with Crippen molar-refractivity contribution in [3.8, 4) is 0 Å². The number of rotatable bonds is 2. The van der Waals surface area contributed by atoms with Gasteiger partial charge in [-0.1, -0.05) is 40.7 Å². The van der Waals surface area contributed by atoms with Crippen LogP contribution in [-0.2, 0) is 4.74 Å². The number of allylic oxidation sites excluding steroid dienone is 3. The number of ether oxygens (including phenoxy) is 1. The average Bonchev–Trinajstić information content (AvgIpc) is 2.81. The third-order valence-electron chi connectivity index (χ3n) is 8.24. The topological polar surface area (TPSA) is 29.5 Å². The monoisotopic (exact) mass is 344 g/mol. The summed E-state index contributed by atoms with van der Waals surface area (Å²) in [6.45, 7) is 16.3. The van der Waals surface area contributed by atoms with E-state index in [0.717, 1.165) is 17.9 Å². The van der Waals surface area contributed by atoms with Crippen LogP contribution in [0.15, 0.2) is 35.3 Å². The van der Waals surface area contributed by atoms with Gasteiger partial charge in [0.05, 0.1) is 7.11 Å². The van der Waals surface area contributed by atoms with Gasteiger partial charge in [-0.3, -0.25) is 0 Å². The van der Waals surface area contributed by atoms with E-state index in [-0.39, 0.29) is 11.2 Å². The quantitative estimate of drug-likeness (QED) is 0.575. The van der Waals surface area contributed by atoms with Crippen molar-refractivity contribution >= 4 is 0 Å². The van der Waals surface area contributed by atoms with Gasteiger partial charge in [0, 0.05) is 5.57 Å². The average molecular weight is 345 g/mol. The molecule has 0 radical (unpaired) electrons. The Labute approximate surface area is 154 Å². The Balaban J connectivity index is 2.09. The molecule has 25 heavy (non-hydrogen) atoms. The molecule has 1 N–H and O–H groups in total. The number of aliphatic hydroxyl groups excluding tert-OH is 1. The Kier molecular flexibility index (Phi) is 4.41. The summed E-state index contributed by atoms with van der Waals surface area (Å²) in [5, 5.41) is 10.3. The maximum atomic E-state index is 10.3. The molecule has 140 valence electrons. The van der Waals surface area contributed by atoms with E-state index < -0.39 is 0 Å². The molecular formula is C23H36O2. The Morgan fingerprint density at radius 2 is 1.84 bits per heavy atom.